The summed E-state index contributed by atoms with van der Waals surface area (Å²) in [7, 11) is 3.10. The van der Waals surface area contributed by atoms with Crippen LogP contribution in [0.25, 0.3) is 0 Å². The number of ether oxygens (including phenoxy) is 2. The highest BCUT2D eigenvalue weighted by molar-refractivity contribution is 5.77. The maximum Gasteiger partial charge on any atom is 0.305 e. The van der Waals surface area contributed by atoms with Crippen molar-refractivity contribution in [2.75, 3.05) is 58.4 Å². The maximum absolute atomic E-state index is 12.5. The average Bonchev–Trinajstić information content (AvgIpc) is 2.79. The van der Waals surface area contributed by atoms with Gasteiger partial charge >= 0.3 is 5.97 Å². The minimum atomic E-state index is -0.248. The lowest BCUT2D eigenvalue weighted by atomic mass is 10.0. The molecule has 7 nitrogen and oxygen atoms in total. The van der Waals surface area contributed by atoms with Gasteiger partial charge in [-0.25, -0.2) is 0 Å². The third-order valence-electron chi connectivity index (χ3n) is 6.00. The van der Waals surface area contributed by atoms with Crippen molar-refractivity contribution in [1.82, 2.24) is 9.80 Å². The Labute approximate surface area is 173 Å². The van der Waals surface area contributed by atoms with Gasteiger partial charge < -0.3 is 19.3 Å². The Morgan fingerprint density at radius 1 is 1.03 bits per heavy atom. The summed E-state index contributed by atoms with van der Waals surface area (Å²) in [5.41, 5.74) is 1.15. The van der Waals surface area contributed by atoms with Gasteiger partial charge in [-0.05, 0) is 31.4 Å². The first-order valence-electron chi connectivity index (χ1n) is 10.6. The molecule has 0 bridgehead atoms. The number of hydrogen-bond donors (Lipinski definition) is 0. The second-order valence-electron chi connectivity index (χ2n) is 7.76. The van der Waals surface area contributed by atoms with Gasteiger partial charge in [-0.3, -0.25) is 14.5 Å². The summed E-state index contributed by atoms with van der Waals surface area (Å²) in [6, 6.07) is 8.59. The van der Waals surface area contributed by atoms with E-state index in [2.05, 4.69) is 26.7 Å². The van der Waals surface area contributed by atoms with Gasteiger partial charge in [0.05, 0.1) is 19.9 Å². The van der Waals surface area contributed by atoms with E-state index in [1.807, 2.05) is 17.0 Å². The van der Waals surface area contributed by atoms with Gasteiger partial charge in [-0.2, -0.15) is 0 Å². The number of methoxy groups -OCH3 is 2. The zero-order valence-corrected chi connectivity index (χ0v) is 17.6. The first-order valence-corrected chi connectivity index (χ1v) is 10.6. The van der Waals surface area contributed by atoms with Crippen LogP contribution in [0.1, 0.15) is 32.1 Å². The molecule has 2 aliphatic rings. The summed E-state index contributed by atoms with van der Waals surface area (Å²) in [4.78, 5) is 30.7. The number of rotatable bonds is 7. The normalized spacial score (nSPS) is 20.4. The Balaban J connectivity index is 1.48. The van der Waals surface area contributed by atoms with Crippen LogP contribution in [-0.4, -0.2) is 81.2 Å². The molecule has 2 saturated heterocycles. The fourth-order valence-corrected chi connectivity index (χ4v) is 4.34. The number of anilines is 1. The summed E-state index contributed by atoms with van der Waals surface area (Å²) in [5.74, 6) is 0.829. The largest absolute Gasteiger partial charge is 0.495 e. The standard InChI is InChI=1S/C22H33N3O4/c1-28-20-9-4-3-8-19(20)24-15-13-23(14-16-24)18-7-6-12-25(17-18)21(26)10-5-11-22(27)29-2/h3-4,8-9,18H,5-7,10-17H2,1-2H3/t18-/m1/s1. The van der Waals surface area contributed by atoms with E-state index in [-0.39, 0.29) is 11.9 Å². The van der Waals surface area contributed by atoms with Crippen molar-refractivity contribution in [3.8, 4) is 5.75 Å². The van der Waals surface area contributed by atoms with E-state index in [4.69, 9.17) is 4.74 Å². The number of nitrogens with zero attached hydrogens (tertiary/aromatic N) is 3. The molecule has 2 fully saturated rings. The lowest BCUT2D eigenvalue weighted by Gasteiger charge is -2.44. The predicted molar refractivity (Wildman–Crippen MR) is 112 cm³/mol. The van der Waals surface area contributed by atoms with Crippen LogP contribution in [0.15, 0.2) is 24.3 Å². The fraction of sp³-hybridized carbons (Fsp3) is 0.636. The van der Waals surface area contributed by atoms with E-state index in [1.54, 1.807) is 7.11 Å². The highest BCUT2D eigenvalue weighted by atomic mass is 16.5. The molecule has 0 aromatic heterocycles. The molecule has 0 unspecified atom stereocenters. The minimum Gasteiger partial charge on any atom is -0.495 e. The molecule has 0 saturated carbocycles. The molecule has 1 atom stereocenters. The van der Waals surface area contributed by atoms with Crippen LogP contribution in [0, 0.1) is 0 Å². The SMILES string of the molecule is COC(=O)CCCC(=O)N1CCC[C@@H](N2CCN(c3ccccc3OC)CC2)C1. The smallest absolute Gasteiger partial charge is 0.305 e. The fourth-order valence-electron chi connectivity index (χ4n) is 4.34. The zero-order chi connectivity index (χ0) is 20.6. The average molecular weight is 404 g/mol. The summed E-state index contributed by atoms with van der Waals surface area (Å²) in [5, 5.41) is 0. The van der Waals surface area contributed by atoms with Gasteiger partial charge in [0.25, 0.3) is 0 Å². The highest BCUT2D eigenvalue weighted by Crippen LogP contribution is 2.29. The number of piperazine rings is 1. The predicted octanol–water partition coefficient (Wildman–Crippen LogP) is 2.15. The van der Waals surface area contributed by atoms with Crippen LogP contribution in [0.4, 0.5) is 5.69 Å². The Hall–Kier alpha value is -2.28. The number of carbonyl (C=O) groups excluding carboxylic acids is 2. The van der Waals surface area contributed by atoms with E-state index in [0.29, 0.717) is 25.3 Å². The molecule has 0 spiro atoms. The molecule has 1 aromatic carbocycles. The Bertz CT molecular complexity index is 688. The molecular weight excluding hydrogens is 370 g/mol. The number of para-hydroxylation sites is 2. The molecule has 0 N–H and O–H groups in total. The molecule has 1 aromatic rings. The van der Waals surface area contributed by atoms with Crippen LogP contribution in [0.3, 0.4) is 0 Å². The van der Waals surface area contributed by atoms with Crippen LogP contribution >= 0.6 is 0 Å². The first-order chi connectivity index (χ1) is 14.1. The maximum atomic E-state index is 12.5. The van der Waals surface area contributed by atoms with Crippen LogP contribution in [0.2, 0.25) is 0 Å². The third kappa shape index (κ3) is 5.63. The number of piperidine rings is 1. The van der Waals surface area contributed by atoms with Crippen molar-refractivity contribution in [2.45, 2.75) is 38.1 Å². The summed E-state index contributed by atoms with van der Waals surface area (Å²) < 4.78 is 10.2. The number of amides is 1. The lowest BCUT2D eigenvalue weighted by Crippen LogP contribution is -2.55. The van der Waals surface area contributed by atoms with Crippen molar-refractivity contribution < 1.29 is 19.1 Å². The molecule has 7 heteroatoms. The van der Waals surface area contributed by atoms with Crippen LogP contribution in [0.5, 0.6) is 5.75 Å². The van der Waals surface area contributed by atoms with E-state index in [0.717, 1.165) is 63.5 Å². The molecule has 160 valence electrons. The van der Waals surface area contributed by atoms with E-state index >= 15 is 0 Å². The second-order valence-corrected chi connectivity index (χ2v) is 7.76. The minimum absolute atomic E-state index is 0.159. The molecule has 0 radical (unpaired) electrons. The number of carbonyl (C=O) groups is 2. The van der Waals surface area contributed by atoms with Gasteiger partial charge in [0.1, 0.15) is 5.75 Å². The molecule has 2 aliphatic heterocycles. The quantitative estimate of drug-likeness (QED) is 0.650. The monoisotopic (exact) mass is 403 g/mol. The van der Waals surface area contributed by atoms with Gasteiger partial charge in [0.15, 0.2) is 0 Å². The van der Waals surface area contributed by atoms with Crippen molar-refractivity contribution in [3.05, 3.63) is 24.3 Å². The Morgan fingerprint density at radius 3 is 2.52 bits per heavy atom. The van der Waals surface area contributed by atoms with Crippen molar-refractivity contribution >= 4 is 17.6 Å². The molecule has 0 aliphatic carbocycles. The number of benzene rings is 1. The number of likely N-dealkylation sites (tertiary alicyclic amines) is 1. The Kier molecular flexibility index (Phi) is 7.75. The van der Waals surface area contributed by atoms with E-state index in [9.17, 15) is 9.59 Å². The number of esters is 1. The second kappa shape index (κ2) is 10.5. The van der Waals surface area contributed by atoms with E-state index < -0.39 is 0 Å². The van der Waals surface area contributed by atoms with Gasteiger partial charge in [-0.15, -0.1) is 0 Å². The van der Waals surface area contributed by atoms with Gasteiger partial charge in [0, 0.05) is 58.2 Å². The van der Waals surface area contributed by atoms with Crippen LogP contribution < -0.4 is 9.64 Å². The van der Waals surface area contributed by atoms with E-state index in [1.165, 1.54) is 7.11 Å². The summed E-state index contributed by atoms with van der Waals surface area (Å²) in [6.07, 6.45) is 3.47. The van der Waals surface area contributed by atoms with Crippen molar-refractivity contribution in [1.29, 1.82) is 0 Å². The first kappa shape index (κ1) is 21.4. The topological polar surface area (TPSA) is 62.3 Å². The summed E-state index contributed by atoms with van der Waals surface area (Å²) >= 11 is 0. The van der Waals surface area contributed by atoms with Gasteiger partial charge in [-0.1, -0.05) is 12.1 Å². The number of hydrogen-bond acceptors (Lipinski definition) is 6. The molecular formula is C22H33N3O4. The van der Waals surface area contributed by atoms with Crippen molar-refractivity contribution in [2.24, 2.45) is 0 Å². The molecule has 2 heterocycles. The molecule has 1 amide bonds. The lowest BCUT2D eigenvalue weighted by molar-refractivity contribution is -0.141. The Morgan fingerprint density at radius 2 is 1.79 bits per heavy atom. The third-order valence-corrected chi connectivity index (χ3v) is 6.00. The van der Waals surface area contributed by atoms with Gasteiger partial charge in [0.2, 0.25) is 5.91 Å². The molecule has 29 heavy (non-hydrogen) atoms. The summed E-state index contributed by atoms with van der Waals surface area (Å²) in [6.45, 7) is 5.54. The van der Waals surface area contributed by atoms with Crippen LogP contribution in [-0.2, 0) is 14.3 Å². The highest BCUT2D eigenvalue weighted by Gasteiger charge is 2.30. The van der Waals surface area contributed by atoms with Crippen molar-refractivity contribution in [3.63, 3.8) is 0 Å². The molecule has 3 rings (SSSR count). The zero-order valence-electron chi connectivity index (χ0n) is 17.6.